The molecular formula is C117H189PSi18. The van der Waals surface area contributed by atoms with Crippen LogP contribution in [0, 0.1) is 34.7 Å². The Hall–Kier alpha value is -4.01. The first-order valence-corrected chi connectivity index (χ1v) is 116. The Kier molecular flexibility index (Phi) is 32.9. The van der Waals surface area contributed by atoms with Gasteiger partial charge in [0.25, 0.3) is 0 Å². The molecular weight excluding hydrogens is 1940 g/mol. The van der Waals surface area contributed by atoms with Crippen molar-refractivity contribution in [3.8, 4) is 34.7 Å². The van der Waals surface area contributed by atoms with Crippen LogP contribution in [0.25, 0.3) is 0 Å². The van der Waals surface area contributed by atoms with Crippen molar-refractivity contribution < 1.29 is 0 Å². The highest BCUT2D eigenvalue weighted by molar-refractivity contribution is 7.72. The summed E-state index contributed by atoms with van der Waals surface area (Å²) in [6.45, 7) is 141. The fraction of sp³-hybridized carbons (Fsp3) is 0.487. The van der Waals surface area contributed by atoms with Crippen molar-refractivity contribution in [1.82, 2.24) is 0 Å². The van der Waals surface area contributed by atoms with E-state index in [0.717, 1.165) is 0 Å². The smallest absolute Gasteiger partial charge is 0.0752 e. The number of hydrogen-bond acceptors (Lipinski definition) is 0. The van der Waals surface area contributed by atoms with E-state index in [9.17, 15) is 0 Å². The van der Waals surface area contributed by atoms with Gasteiger partial charge in [-0.05, 0) is 67.1 Å². The minimum Gasteiger partial charge on any atom is -0.0752 e. The highest BCUT2D eigenvalue weighted by Gasteiger charge is 2.47. The van der Waals surface area contributed by atoms with Crippen molar-refractivity contribution in [2.75, 3.05) is 0 Å². The maximum Gasteiger partial charge on any atom is 0.127 e. The molecule has 0 aliphatic carbocycles. The van der Waals surface area contributed by atoms with Gasteiger partial charge in [0.2, 0.25) is 0 Å². The SMILES string of the molecule is C[Si](C)(C)c1cc(C(C#CP(C#CC(c2cc([Si](C)(C)C)cc([Si](C)(C)C)c2)(c2cc([Si](C)(C)C)cc([Si](C)(C)C)c2)c2cc([Si](C)(C)C)cc([Si](C)(C)C)c2)C#CC(c2cc([Si](C)(C)C)cc([Si](C)(C)C)c2)(c2cc([Si](C)(C)C)cc([Si](C)(C)C)c2)c2cc([Si](C)(C)C)cc([Si](C)(C)C)c2)(c2cc([Si](C)(C)C)cc([Si](C)(C)C)c2)c2cc([Si](C)(C)C)cc([Si](C)(C)C)c2)cc([Si](C)(C)C)c1. The zero-order chi connectivity index (χ0) is 104. The van der Waals surface area contributed by atoms with Gasteiger partial charge in [-0.2, -0.15) is 0 Å². The average Bonchev–Trinajstić information content (AvgIpc) is 0.727. The Morgan fingerprint density at radius 1 is 0.118 bits per heavy atom. The van der Waals surface area contributed by atoms with Crippen molar-refractivity contribution in [3.05, 3.63) is 214 Å². The summed E-state index contributed by atoms with van der Waals surface area (Å²) in [6, 6.07) is 73.8. The van der Waals surface area contributed by atoms with Gasteiger partial charge in [-0.3, -0.25) is 0 Å². The van der Waals surface area contributed by atoms with Crippen LogP contribution in [0.4, 0.5) is 0 Å². The normalized spacial score (nSPS) is 14.1. The predicted octanol–water partition coefficient (Wildman–Crippen LogP) is 24.3. The van der Waals surface area contributed by atoms with E-state index < -0.39 is 169 Å². The lowest BCUT2D eigenvalue weighted by Crippen LogP contribution is -2.49. The molecule has 136 heavy (non-hydrogen) atoms. The van der Waals surface area contributed by atoms with Crippen LogP contribution in [-0.2, 0) is 16.2 Å². The van der Waals surface area contributed by atoms with Gasteiger partial charge >= 0.3 is 0 Å². The molecule has 0 atom stereocenters. The highest BCUT2D eigenvalue weighted by Crippen LogP contribution is 2.47. The molecule has 734 valence electrons. The molecule has 0 aromatic heterocycles. The van der Waals surface area contributed by atoms with Gasteiger partial charge in [0.1, 0.15) is 24.2 Å². The van der Waals surface area contributed by atoms with E-state index in [1.165, 1.54) is 143 Å². The molecule has 0 saturated heterocycles. The van der Waals surface area contributed by atoms with Crippen molar-refractivity contribution in [2.24, 2.45) is 0 Å². The molecule has 0 radical (unpaired) electrons. The van der Waals surface area contributed by atoms with Gasteiger partial charge < -0.3 is 0 Å². The molecule has 9 aromatic carbocycles. The second kappa shape index (κ2) is 38.8. The van der Waals surface area contributed by atoms with Crippen LogP contribution in [0.1, 0.15) is 50.1 Å². The number of hydrogen-bond donors (Lipinski definition) is 0. The maximum atomic E-state index is 4.95. The summed E-state index contributed by atoms with van der Waals surface area (Å²) in [6.07, 6.45) is 0. The molecule has 0 unspecified atom stereocenters. The third kappa shape index (κ3) is 26.8. The largest absolute Gasteiger partial charge is 0.127 e. The summed E-state index contributed by atoms with van der Waals surface area (Å²) in [5.74, 6) is 14.8. The van der Waals surface area contributed by atoms with Gasteiger partial charge in [0.05, 0.1) is 145 Å². The lowest BCUT2D eigenvalue weighted by atomic mass is 9.70. The second-order valence-corrected chi connectivity index (χ2v) is 153. The second-order valence-electron chi connectivity index (χ2n) is 60.0. The third-order valence-electron chi connectivity index (χ3n) is 28.9. The van der Waals surface area contributed by atoms with Gasteiger partial charge in [-0.1, -0.05) is 628 Å². The summed E-state index contributed by atoms with van der Waals surface area (Å²) in [5.41, 5.74) is 23.2. The van der Waals surface area contributed by atoms with Gasteiger partial charge in [0, 0.05) is 0 Å². The van der Waals surface area contributed by atoms with Crippen LogP contribution in [0.5, 0.6) is 0 Å². The van der Waals surface area contributed by atoms with Crippen LogP contribution in [0.3, 0.4) is 0 Å². The number of rotatable bonds is 27. The van der Waals surface area contributed by atoms with Gasteiger partial charge in [-0.15, -0.1) is 0 Å². The minimum absolute atomic E-state index is 1.03. The van der Waals surface area contributed by atoms with Crippen LogP contribution >= 0.6 is 7.92 Å². The molecule has 0 heterocycles. The molecule has 0 aliphatic heterocycles. The Morgan fingerprint density at radius 2 is 0.184 bits per heavy atom. The van der Waals surface area contributed by atoms with E-state index in [1.54, 1.807) is 0 Å². The Bertz CT molecular complexity index is 4750. The van der Waals surface area contributed by atoms with E-state index in [-0.39, 0.29) is 0 Å². The summed E-state index contributed by atoms with van der Waals surface area (Å²) in [7, 11) is -40.3. The highest BCUT2D eigenvalue weighted by atomic mass is 31.1. The fourth-order valence-electron chi connectivity index (χ4n) is 18.0. The monoisotopic (exact) mass is 2130 g/mol. The fourth-order valence-corrected chi connectivity index (χ4v) is 41.5. The number of benzene rings is 9. The van der Waals surface area contributed by atoms with E-state index in [0.29, 0.717) is 0 Å². The Morgan fingerprint density at radius 3 is 0.243 bits per heavy atom. The van der Waals surface area contributed by atoms with E-state index in [4.69, 9.17) is 34.7 Å². The standard InChI is InChI=1S/C117H189PSi18/c1-119(2,3)97-61-88(62-98(79-97)120(4,5)6)115(89-63-99(121(7,8)9)80-100(64-89)122(10,11)12,90-65-101(123(13,14)15)81-102(66-90)124(16,17)18)55-58-118(59-56-116(91-67-103(125(19,20)21)82-104(68-91)126(22,23)24,92-69-105(127(25,26)27)83-106(70-92)128(28,29)30)93-71-107(129(31,32)33)84-108(72-93)130(34,35)36)60-57-117(94-73-109(131(37,38)39)85-110(74-94)132(40,41)42,95-75-111(133(43,44)45)86-112(76-95)134(46,47)48)96-77-113(135(49,50)51)87-114(78-96)136(52,53)54/h61-87H,1-54H3. The molecule has 0 amide bonds. The first kappa shape index (κ1) is 116. The molecule has 0 spiro atoms. The molecule has 0 nitrogen and oxygen atoms in total. The molecule has 0 bridgehead atoms. The van der Waals surface area contributed by atoms with E-state index in [1.807, 2.05) is 0 Å². The molecule has 9 aromatic rings. The van der Waals surface area contributed by atoms with Crippen LogP contribution in [0.15, 0.2) is 164 Å². The predicted molar refractivity (Wildman–Crippen MR) is 682 cm³/mol. The lowest BCUT2D eigenvalue weighted by molar-refractivity contribution is 0.814. The Balaban J connectivity index is 1.90. The summed E-state index contributed by atoms with van der Waals surface area (Å²) in [4.78, 5) is 0. The quantitative estimate of drug-likeness (QED) is 0.0208. The molecule has 9 rings (SSSR count). The van der Waals surface area contributed by atoms with E-state index >= 15 is 0 Å². The van der Waals surface area contributed by atoms with Crippen LogP contribution in [-0.4, -0.2) is 145 Å². The lowest BCUT2D eigenvalue weighted by Gasteiger charge is -2.38. The molecule has 19 heteroatoms. The first-order chi connectivity index (χ1) is 60.6. The summed E-state index contributed by atoms with van der Waals surface area (Å²) >= 11 is 0. The maximum absolute atomic E-state index is 4.95. The average molecular weight is 2130 g/mol. The first-order valence-electron chi connectivity index (χ1n) is 51.5. The van der Waals surface area contributed by atoms with Crippen molar-refractivity contribution >= 4 is 247 Å². The molecule has 0 N–H and O–H groups in total. The van der Waals surface area contributed by atoms with Crippen LogP contribution in [0.2, 0.25) is 354 Å². The van der Waals surface area contributed by atoms with Gasteiger partial charge in [0.15, 0.2) is 0 Å². The zero-order valence-corrected chi connectivity index (χ0v) is 116. The van der Waals surface area contributed by atoms with Crippen LogP contribution < -0.4 is 93.4 Å². The topological polar surface area (TPSA) is 0 Å². The van der Waals surface area contributed by atoms with E-state index in [2.05, 4.69) is 517 Å². The summed E-state index contributed by atoms with van der Waals surface area (Å²) < 4.78 is 0. The zero-order valence-electron chi connectivity index (χ0n) is 97.0. The third-order valence-corrected chi connectivity index (χ3v) is 66.3. The van der Waals surface area contributed by atoms with Crippen molar-refractivity contribution in [2.45, 2.75) is 370 Å². The van der Waals surface area contributed by atoms with Crippen molar-refractivity contribution in [3.63, 3.8) is 0 Å². The summed E-state index contributed by atoms with van der Waals surface area (Å²) in [5, 5.41) is 27.1. The Labute approximate surface area is 856 Å². The molecule has 0 fully saturated rings. The molecule has 0 aliphatic rings. The molecule has 0 saturated carbocycles. The minimum atomic E-state index is -2.13. The van der Waals surface area contributed by atoms with Gasteiger partial charge in [-0.25, -0.2) is 0 Å². The van der Waals surface area contributed by atoms with Crippen molar-refractivity contribution in [1.29, 1.82) is 0 Å².